The van der Waals surface area contributed by atoms with E-state index in [0.29, 0.717) is 25.3 Å². The summed E-state index contributed by atoms with van der Waals surface area (Å²) in [4.78, 5) is 19.7. The number of nitrogens with zero attached hydrogens (tertiary/aromatic N) is 3. The highest BCUT2D eigenvalue weighted by Crippen LogP contribution is 2.37. The molecule has 2 heterocycles. The lowest BCUT2D eigenvalue weighted by Crippen LogP contribution is -2.25. The van der Waals surface area contributed by atoms with Crippen LogP contribution in [0.3, 0.4) is 0 Å². The quantitative estimate of drug-likeness (QED) is 0.424. The van der Waals surface area contributed by atoms with E-state index in [1.165, 1.54) is 0 Å². The van der Waals surface area contributed by atoms with Crippen LogP contribution in [0.1, 0.15) is 23.7 Å². The van der Waals surface area contributed by atoms with Crippen molar-refractivity contribution in [2.45, 2.75) is 18.9 Å². The number of ether oxygens (including phenoxy) is 1. The van der Waals surface area contributed by atoms with Gasteiger partial charge in [-0.3, -0.25) is 4.79 Å². The molecule has 1 amide bonds. The molecule has 160 valence electrons. The minimum absolute atomic E-state index is 0.0185. The summed E-state index contributed by atoms with van der Waals surface area (Å²) >= 11 is 0. The van der Waals surface area contributed by atoms with Crippen molar-refractivity contribution in [3.05, 3.63) is 96.3 Å². The summed E-state index contributed by atoms with van der Waals surface area (Å²) in [5.41, 5.74) is 4.02. The van der Waals surface area contributed by atoms with Gasteiger partial charge in [-0.25, -0.2) is 4.98 Å². The number of para-hydroxylation sites is 4. The molecule has 1 aliphatic rings. The van der Waals surface area contributed by atoms with Crippen LogP contribution in [0.15, 0.2) is 84.9 Å². The van der Waals surface area contributed by atoms with Crippen LogP contribution in [0.5, 0.6) is 5.75 Å². The molecule has 1 saturated heterocycles. The average Bonchev–Trinajstić information content (AvgIpc) is 3.40. The Labute approximate surface area is 187 Å². The summed E-state index contributed by atoms with van der Waals surface area (Å²) in [6, 6.07) is 26.1. The number of allylic oxidation sites excluding steroid dienone is 1. The molecule has 3 aromatic carbocycles. The topological polar surface area (TPSA) is 47.4 Å². The largest absolute Gasteiger partial charge is 0.495 e. The number of hydrogen-bond acceptors (Lipinski definition) is 3. The van der Waals surface area contributed by atoms with Gasteiger partial charge in [0.15, 0.2) is 0 Å². The highest BCUT2D eigenvalue weighted by atomic mass is 16.5. The molecule has 0 N–H and O–H groups in total. The third-order valence-electron chi connectivity index (χ3n) is 5.95. The van der Waals surface area contributed by atoms with Crippen LogP contribution in [-0.4, -0.2) is 29.1 Å². The summed E-state index contributed by atoms with van der Waals surface area (Å²) in [5, 5.41) is 0. The van der Waals surface area contributed by atoms with E-state index in [1.807, 2.05) is 65.6 Å². The SMILES string of the molecule is COc1ccccc1N1CC(c2nc3ccccc3n2CC=Cc2ccccc2)CC1=O. The minimum Gasteiger partial charge on any atom is -0.495 e. The second-order valence-corrected chi connectivity index (χ2v) is 7.96. The Bertz CT molecular complexity index is 1280. The first-order valence-electron chi connectivity index (χ1n) is 10.8. The van der Waals surface area contributed by atoms with Gasteiger partial charge in [0.05, 0.1) is 23.8 Å². The Morgan fingerprint density at radius 1 is 1.00 bits per heavy atom. The predicted octanol–water partition coefficient (Wildman–Crippen LogP) is 5.28. The molecule has 0 aliphatic carbocycles. The molecule has 5 heteroatoms. The fourth-order valence-corrected chi connectivity index (χ4v) is 4.42. The molecule has 0 saturated carbocycles. The first-order chi connectivity index (χ1) is 15.7. The number of carbonyl (C=O) groups excluding carboxylic acids is 1. The normalized spacial score (nSPS) is 16.3. The molecule has 1 atom stereocenters. The first kappa shape index (κ1) is 20.1. The van der Waals surface area contributed by atoms with Crippen molar-refractivity contribution in [2.24, 2.45) is 0 Å². The van der Waals surface area contributed by atoms with E-state index in [9.17, 15) is 4.79 Å². The zero-order valence-electron chi connectivity index (χ0n) is 18.0. The molecule has 0 bridgehead atoms. The number of hydrogen-bond donors (Lipinski definition) is 0. The molecule has 32 heavy (non-hydrogen) atoms. The van der Waals surface area contributed by atoms with Crippen LogP contribution in [0.4, 0.5) is 5.69 Å². The van der Waals surface area contributed by atoms with Gasteiger partial charge >= 0.3 is 0 Å². The zero-order chi connectivity index (χ0) is 21.9. The van der Waals surface area contributed by atoms with Crippen LogP contribution in [-0.2, 0) is 11.3 Å². The number of methoxy groups -OCH3 is 1. The Morgan fingerprint density at radius 2 is 1.75 bits per heavy atom. The third kappa shape index (κ3) is 3.78. The number of benzene rings is 3. The number of carbonyl (C=O) groups is 1. The summed E-state index contributed by atoms with van der Waals surface area (Å²) in [6.45, 7) is 1.29. The molecular weight excluding hydrogens is 398 g/mol. The fourth-order valence-electron chi connectivity index (χ4n) is 4.42. The van der Waals surface area contributed by atoms with Crippen LogP contribution in [0.2, 0.25) is 0 Å². The zero-order valence-corrected chi connectivity index (χ0v) is 18.0. The van der Waals surface area contributed by atoms with E-state index < -0.39 is 0 Å². The van der Waals surface area contributed by atoms with E-state index in [0.717, 1.165) is 28.1 Å². The Balaban J connectivity index is 1.47. The smallest absolute Gasteiger partial charge is 0.227 e. The van der Waals surface area contributed by atoms with Gasteiger partial charge in [-0.1, -0.05) is 66.7 Å². The van der Waals surface area contributed by atoms with Crippen LogP contribution < -0.4 is 9.64 Å². The van der Waals surface area contributed by atoms with Gasteiger partial charge < -0.3 is 14.2 Å². The number of imidazole rings is 1. The summed E-state index contributed by atoms with van der Waals surface area (Å²) in [7, 11) is 1.63. The van der Waals surface area contributed by atoms with Crippen molar-refractivity contribution < 1.29 is 9.53 Å². The van der Waals surface area contributed by atoms with Crippen molar-refractivity contribution in [1.29, 1.82) is 0 Å². The maximum Gasteiger partial charge on any atom is 0.227 e. The van der Waals surface area contributed by atoms with Crippen molar-refractivity contribution >= 4 is 28.7 Å². The Hall–Kier alpha value is -3.86. The van der Waals surface area contributed by atoms with Gasteiger partial charge in [-0.15, -0.1) is 0 Å². The molecular formula is C27H25N3O2. The van der Waals surface area contributed by atoms with Crippen molar-refractivity contribution in [3.63, 3.8) is 0 Å². The molecule has 0 radical (unpaired) electrons. The number of aromatic nitrogens is 2. The minimum atomic E-state index is 0.0185. The summed E-state index contributed by atoms with van der Waals surface area (Å²) < 4.78 is 7.72. The van der Waals surface area contributed by atoms with Crippen molar-refractivity contribution in [1.82, 2.24) is 9.55 Å². The summed E-state index contributed by atoms with van der Waals surface area (Å²) in [5.74, 6) is 1.78. The predicted molar refractivity (Wildman–Crippen MR) is 128 cm³/mol. The monoisotopic (exact) mass is 423 g/mol. The van der Waals surface area contributed by atoms with Gasteiger partial charge in [0.25, 0.3) is 0 Å². The van der Waals surface area contributed by atoms with Crippen LogP contribution in [0, 0.1) is 0 Å². The lowest BCUT2D eigenvalue weighted by Gasteiger charge is -2.19. The lowest BCUT2D eigenvalue weighted by atomic mass is 10.1. The first-order valence-corrected chi connectivity index (χ1v) is 10.8. The highest BCUT2D eigenvalue weighted by Gasteiger charge is 2.35. The lowest BCUT2D eigenvalue weighted by molar-refractivity contribution is -0.117. The second-order valence-electron chi connectivity index (χ2n) is 7.96. The average molecular weight is 424 g/mol. The molecule has 5 rings (SSSR count). The third-order valence-corrected chi connectivity index (χ3v) is 5.95. The fraction of sp³-hybridized carbons (Fsp3) is 0.185. The van der Waals surface area contributed by atoms with Crippen molar-refractivity contribution in [2.75, 3.05) is 18.6 Å². The molecule has 1 fully saturated rings. The van der Waals surface area contributed by atoms with E-state index in [-0.39, 0.29) is 11.8 Å². The number of anilines is 1. The van der Waals surface area contributed by atoms with Gasteiger partial charge in [0.2, 0.25) is 5.91 Å². The maximum atomic E-state index is 13.0. The molecule has 5 nitrogen and oxygen atoms in total. The number of amides is 1. The van der Waals surface area contributed by atoms with Gasteiger partial charge in [-0.2, -0.15) is 0 Å². The van der Waals surface area contributed by atoms with E-state index in [4.69, 9.17) is 9.72 Å². The standard InChI is InChI=1S/C27H25N3O2/c1-32-25-16-8-7-15-24(25)30-19-21(18-26(30)31)27-28-22-13-5-6-14-23(22)29(27)17-9-12-20-10-3-2-4-11-20/h2-16,21H,17-19H2,1H3. The number of rotatable bonds is 6. The molecule has 1 aromatic heterocycles. The van der Waals surface area contributed by atoms with Gasteiger partial charge in [0, 0.05) is 25.4 Å². The second kappa shape index (κ2) is 8.71. The van der Waals surface area contributed by atoms with Crippen molar-refractivity contribution in [3.8, 4) is 5.75 Å². The van der Waals surface area contributed by atoms with E-state index in [1.54, 1.807) is 7.11 Å². The number of fused-ring (bicyclic) bond motifs is 1. The molecule has 1 unspecified atom stereocenters. The van der Waals surface area contributed by atoms with E-state index >= 15 is 0 Å². The summed E-state index contributed by atoms with van der Waals surface area (Å²) in [6.07, 6.45) is 4.71. The molecule has 4 aromatic rings. The van der Waals surface area contributed by atoms with Gasteiger partial charge in [-0.05, 0) is 29.8 Å². The van der Waals surface area contributed by atoms with Gasteiger partial charge in [0.1, 0.15) is 11.6 Å². The molecule has 1 aliphatic heterocycles. The molecule has 0 spiro atoms. The Morgan fingerprint density at radius 3 is 2.59 bits per heavy atom. The maximum absolute atomic E-state index is 13.0. The highest BCUT2D eigenvalue weighted by molar-refractivity contribution is 5.97. The van der Waals surface area contributed by atoms with Crippen LogP contribution in [0.25, 0.3) is 17.1 Å². The van der Waals surface area contributed by atoms with Crippen LogP contribution >= 0.6 is 0 Å². The van der Waals surface area contributed by atoms with E-state index in [2.05, 4.69) is 34.9 Å². The Kier molecular flexibility index (Phi) is 5.46.